The van der Waals surface area contributed by atoms with Crippen molar-refractivity contribution in [2.24, 2.45) is 0 Å². The highest BCUT2D eigenvalue weighted by Gasteiger charge is 2.38. The predicted octanol–water partition coefficient (Wildman–Crippen LogP) is 2.93. The average Bonchev–Trinajstić information content (AvgIpc) is 2.87. The van der Waals surface area contributed by atoms with Crippen LogP contribution in [0, 0.1) is 0 Å². The molecule has 0 spiro atoms. The van der Waals surface area contributed by atoms with Crippen LogP contribution in [0.2, 0.25) is 0 Å². The van der Waals surface area contributed by atoms with E-state index in [2.05, 4.69) is 0 Å². The number of benzene rings is 2. The molecular formula is C18H15NO5S. The molecule has 0 atom stereocenters. The lowest BCUT2D eigenvalue weighted by molar-refractivity contribution is -0.165. The van der Waals surface area contributed by atoms with E-state index >= 15 is 0 Å². The van der Waals surface area contributed by atoms with Gasteiger partial charge in [-0.15, -0.1) is 11.8 Å². The number of hydrogen-bond donors (Lipinski definition) is 0. The summed E-state index contributed by atoms with van der Waals surface area (Å²) in [5.41, 5.74) is 0.471. The molecule has 2 aromatic rings. The van der Waals surface area contributed by atoms with Crippen molar-refractivity contribution in [1.29, 1.82) is 0 Å². The third kappa shape index (κ3) is 3.66. The van der Waals surface area contributed by atoms with E-state index in [0.717, 1.165) is 10.6 Å². The van der Waals surface area contributed by atoms with Gasteiger partial charge in [0.2, 0.25) is 0 Å². The van der Waals surface area contributed by atoms with Gasteiger partial charge in [-0.2, -0.15) is 0 Å². The summed E-state index contributed by atoms with van der Waals surface area (Å²) in [6, 6.07) is 13.6. The largest absolute Gasteiger partial charge is 0.494 e. The minimum atomic E-state index is -0.673. The van der Waals surface area contributed by atoms with Crippen LogP contribution in [-0.4, -0.2) is 35.2 Å². The highest BCUT2D eigenvalue weighted by atomic mass is 32.2. The first kappa shape index (κ1) is 17.0. The van der Waals surface area contributed by atoms with Crippen molar-refractivity contribution in [2.75, 3.05) is 12.4 Å². The molecule has 0 saturated heterocycles. The van der Waals surface area contributed by atoms with E-state index in [9.17, 15) is 14.4 Å². The van der Waals surface area contributed by atoms with Gasteiger partial charge in [-0.3, -0.25) is 9.59 Å². The Bertz CT molecular complexity index is 783. The van der Waals surface area contributed by atoms with Crippen molar-refractivity contribution in [2.45, 2.75) is 11.8 Å². The van der Waals surface area contributed by atoms with Gasteiger partial charge < -0.3 is 9.57 Å². The fourth-order valence-corrected chi connectivity index (χ4v) is 2.98. The quantitative estimate of drug-likeness (QED) is 0.585. The van der Waals surface area contributed by atoms with Crippen LogP contribution in [-0.2, 0) is 9.63 Å². The number of carbonyl (C=O) groups is 3. The Hall–Kier alpha value is -2.80. The van der Waals surface area contributed by atoms with Gasteiger partial charge in [-0.05, 0) is 43.3 Å². The molecular weight excluding hydrogens is 342 g/mol. The Morgan fingerprint density at radius 3 is 2.16 bits per heavy atom. The van der Waals surface area contributed by atoms with Gasteiger partial charge in [0.25, 0.3) is 11.8 Å². The van der Waals surface area contributed by atoms with Crippen LogP contribution in [0.4, 0.5) is 0 Å². The Kier molecular flexibility index (Phi) is 5.04. The second-order valence-electron chi connectivity index (χ2n) is 5.11. The molecule has 0 saturated carbocycles. The van der Waals surface area contributed by atoms with Gasteiger partial charge in [-0.1, -0.05) is 17.2 Å². The van der Waals surface area contributed by atoms with Crippen molar-refractivity contribution >= 4 is 29.5 Å². The highest BCUT2D eigenvalue weighted by molar-refractivity contribution is 8.00. The second kappa shape index (κ2) is 7.40. The molecule has 7 heteroatoms. The number of rotatable bonds is 6. The third-order valence-electron chi connectivity index (χ3n) is 3.44. The number of amides is 2. The summed E-state index contributed by atoms with van der Waals surface area (Å²) in [6.07, 6.45) is 0. The maximum atomic E-state index is 12.1. The zero-order valence-corrected chi connectivity index (χ0v) is 14.2. The first-order chi connectivity index (χ1) is 12.1. The molecule has 0 unspecified atom stereocenters. The smallest absolute Gasteiger partial charge is 0.343 e. The van der Waals surface area contributed by atoms with Crippen molar-refractivity contribution in [3.63, 3.8) is 0 Å². The highest BCUT2D eigenvalue weighted by Crippen LogP contribution is 2.24. The van der Waals surface area contributed by atoms with E-state index in [1.165, 1.54) is 23.9 Å². The molecule has 0 fully saturated rings. The Morgan fingerprint density at radius 1 is 1.00 bits per heavy atom. The molecule has 0 radical (unpaired) electrons. The lowest BCUT2D eigenvalue weighted by Crippen LogP contribution is -2.33. The summed E-state index contributed by atoms with van der Waals surface area (Å²) in [5, 5.41) is 0.520. The zero-order valence-electron chi connectivity index (χ0n) is 13.4. The Balaban J connectivity index is 1.56. The van der Waals surface area contributed by atoms with Crippen LogP contribution in [0.5, 0.6) is 5.75 Å². The fraction of sp³-hybridized carbons (Fsp3) is 0.167. The second-order valence-corrected chi connectivity index (χ2v) is 6.16. The van der Waals surface area contributed by atoms with Gasteiger partial charge in [0.15, 0.2) is 0 Å². The van der Waals surface area contributed by atoms with E-state index in [1.54, 1.807) is 24.3 Å². The molecule has 2 aromatic carbocycles. The molecule has 6 nitrogen and oxygen atoms in total. The van der Waals surface area contributed by atoms with Crippen LogP contribution in [0.15, 0.2) is 53.4 Å². The number of nitrogens with zero attached hydrogens (tertiary/aromatic N) is 1. The van der Waals surface area contributed by atoms with Crippen LogP contribution < -0.4 is 4.74 Å². The first-order valence-electron chi connectivity index (χ1n) is 7.64. The summed E-state index contributed by atoms with van der Waals surface area (Å²) >= 11 is 1.25. The molecule has 0 N–H and O–H groups in total. The lowest BCUT2D eigenvalue weighted by Gasteiger charge is -2.12. The molecule has 1 heterocycles. The maximum Gasteiger partial charge on any atom is 0.343 e. The van der Waals surface area contributed by atoms with E-state index in [-0.39, 0.29) is 16.9 Å². The first-order valence-corrected chi connectivity index (χ1v) is 8.63. The molecule has 3 rings (SSSR count). The SMILES string of the molecule is CCOc1ccc(SCC(=O)ON2C(=O)c3ccccc3C2=O)cc1. The molecule has 128 valence electrons. The van der Waals surface area contributed by atoms with Crippen LogP contribution in [0.3, 0.4) is 0 Å². The van der Waals surface area contributed by atoms with Crippen molar-refractivity contribution in [3.8, 4) is 5.75 Å². The third-order valence-corrected chi connectivity index (χ3v) is 4.43. The standard InChI is InChI=1S/C18H15NO5S/c1-2-23-12-7-9-13(10-8-12)25-11-16(20)24-19-17(21)14-5-3-4-6-15(14)18(19)22/h3-10H,2,11H2,1H3. The van der Waals surface area contributed by atoms with Crippen LogP contribution in [0.25, 0.3) is 0 Å². The number of carbonyl (C=O) groups excluding carboxylic acids is 3. The van der Waals surface area contributed by atoms with Gasteiger partial charge >= 0.3 is 5.97 Å². The minimum Gasteiger partial charge on any atom is -0.494 e. The molecule has 2 amide bonds. The Labute approximate surface area is 148 Å². The maximum absolute atomic E-state index is 12.1. The lowest BCUT2D eigenvalue weighted by atomic mass is 10.1. The minimum absolute atomic E-state index is 0.0264. The number of thioether (sulfide) groups is 1. The molecule has 25 heavy (non-hydrogen) atoms. The zero-order chi connectivity index (χ0) is 17.8. The number of imide groups is 1. The van der Waals surface area contributed by atoms with Crippen molar-refractivity contribution in [1.82, 2.24) is 5.06 Å². The summed E-state index contributed by atoms with van der Waals surface area (Å²) in [5.74, 6) is -1.20. The summed E-state index contributed by atoms with van der Waals surface area (Å²) in [6.45, 7) is 2.48. The molecule has 0 bridgehead atoms. The van der Waals surface area contributed by atoms with E-state index in [4.69, 9.17) is 9.57 Å². The normalized spacial score (nSPS) is 12.9. The fourth-order valence-electron chi connectivity index (χ4n) is 2.32. The average molecular weight is 357 g/mol. The van der Waals surface area contributed by atoms with Crippen molar-refractivity contribution < 1.29 is 24.0 Å². The number of ether oxygens (including phenoxy) is 1. The van der Waals surface area contributed by atoms with E-state index in [1.807, 2.05) is 19.1 Å². The number of hydrogen-bond acceptors (Lipinski definition) is 6. The van der Waals surface area contributed by atoms with Gasteiger partial charge in [0, 0.05) is 4.90 Å². The number of fused-ring (bicyclic) bond motifs is 1. The van der Waals surface area contributed by atoms with E-state index < -0.39 is 17.8 Å². The molecule has 0 aromatic heterocycles. The summed E-state index contributed by atoms with van der Waals surface area (Å²) in [4.78, 5) is 42.0. The van der Waals surface area contributed by atoms with Crippen molar-refractivity contribution in [3.05, 3.63) is 59.7 Å². The van der Waals surface area contributed by atoms with Crippen LogP contribution in [0.1, 0.15) is 27.6 Å². The predicted molar refractivity (Wildman–Crippen MR) is 91.4 cm³/mol. The monoisotopic (exact) mass is 357 g/mol. The molecule has 0 aliphatic carbocycles. The van der Waals surface area contributed by atoms with Gasteiger partial charge in [0.1, 0.15) is 5.75 Å². The number of hydroxylamine groups is 2. The van der Waals surface area contributed by atoms with Gasteiger partial charge in [0.05, 0.1) is 23.5 Å². The topological polar surface area (TPSA) is 72.9 Å². The molecule has 1 aliphatic heterocycles. The molecule has 1 aliphatic rings. The Morgan fingerprint density at radius 2 is 1.60 bits per heavy atom. The van der Waals surface area contributed by atoms with E-state index in [0.29, 0.717) is 11.7 Å². The summed E-state index contributed by atoms with van der Waals surface area (Å²) in [7, 11) is 0. The van der Waals surface area contributed by atoms with Crippen LogP contribution >= 0.6 is 11.8 Å². The van der Waals surface area contributed by atoms with Gasteiger partial charge in [-0.25, -0.2) is 4.79 Å². The summed E-state index contributed by atoms with van der Waals surface area (Å²) < 4.78 is 5.35.